The number of nitrogens with zero attached hydrogens (tertiary/aromatic N) is 3. The third kappa shape index (κ3) is 1.77. The molecule has 5 heteroatoms. The molecule has 1 atom stereocenters. The molecule has 1 saturated heterocycles. The molecule has 1 aliphatic rings. The molecule has 2 N–H and O–H groups in total. The lowest BCUT2D eigenvalue weighted by Gasteiger charge is -2.19. The van der Waals surface area contributed by atoms with Crippen molar-refractivity contribution in [2.45, 2.75) is 31.7 Å². The average molecular weight is 210 g/mol. The van der Waals surface area contributed by atoms with E-state index in [0.717, 1.165) is 18.1 Å². The summed E-state index contributed by atoms with van der Waals surface area (Å²) in [6.07, 6.45) is 0.817. The van der Waals surface area contributed by atoms with Gasteiger partial charge in [-0.3, -0.25) is 4.68 Å². The summed E-state index contributed by atoms with van der Waals surface area (Å²) in [5, 5.41) is 4.37. The van der Waals surface area contributed by atoms with Crippen molar-refractivity contribution in [1.29, 1.82) is 0 Å². The second kappa shape index (κ2) is 3.57. The van der Waals surface area contributed by atoms with E-state index in [1.165, 1.54) is 0 Å². The Balaban J connectivity index is 2.35. The number of nitrogens with two attached hydrogens (primary N) is 1. The van der Waals surface area contributed by atoms with Gasteiger partial charge < -0.3 is 10.5 Å². The summed E-state index contributed by atoms with van der Waals surface area (Å²) in [7, 11) is 1.89. The minimum Gasteiger partial charge on any atom is -0.379 e. The first-order chi connectivity index (χ1) is 7.03. The molecule has 0 saturated carbocycles. The minimum atomic E-state index is -0.450. The summed E-state index contributed by atoms with van der Waals surface area (Å²) in [5.74, 6) is 2.02. The highest BCUT2D eigenvalue weighted by Crippen LogP contribution is 2.26. The first-order valence-corrected chi connectivity index (χ1v) is 5.31. The largest absolute Gasteiger partial charge is 0.379 e. The van der Waals surface area contributed by atoms with Crippen LogP contribution in [0.1, 0.15) is 37.8 Å². The highest BCUT2D eigenvalue weighted by Gasteiger charge is 2.37. The Kier molecular flexibility index (Phi) is 2.52. The monoisotopic (exact) mass is 210 g/mol. The van der Waals surface area contributed by atoms with Gasteiger partial charge in [-0.15, -0.1) is 0 Å². The van der Waals surface area contributed by atoms with Crippen molar-refractivity contribution in [2.75, 3.05) is 13.2 Å². The van der Waals surface area contributed by atoms with Crippen LogP contribution in [0.5, 0.6) is 0 Å². The van der Waals surface area contributed by atoms with Crippen LogP contribution in [-0.4, -0.2) is 28.0 Å². The van der Waals surface area contributed by atoms with Crippen LogP contribution in [0.2, 0.25) is 0 Å². The van der Waals surface area contributed by atoms with Crippen LogP contribution >= 0.6 is 0 Å². The number of rotatable bonds is 2. The van der Waals surface area contributed by atoms with Crippen LogP contribution in [0.15, 0.2) is 0 Å². The number of hydrogen-bond donors (Lipinski definition) is 1. The van der Waals surface area contributed by atoms with Crippen LogP contribution < -0.4 is 5.73 Å². The van der Waals surface area contributed by atoms with Crippen LogP contribution in [-0.2, 0) is 17.3 Å². The van der Waals surface area contributed by atoms with Gasteiger partial charge in [-0.05, 0) is 6.42 Å². The summed E-state index contributed by atoms with van der Waals surface area (Å²) in [6, 6.07) is 0. The Morgan fingerprint density at radius 2 is 2.27 bits per heavy atom. The van der Waals surface area contributed by atoms with Crippen LogP contribution in [0, 0.1) is 0 Å². The molecule has 1 aliphatic heterocycles. The van der Waals surface area contributed by atoms with Crippen molar-refractivity contribution < 1.29 is 4.74 Å². The van der Waals surface area contributed by atoms with E-state index in [-0.39, 0.29) is 0 Å². The number of ether oxygens (including phenoxy) is 1. The zero-order chi connectivity index (χ0) is 11.1. The first kappa shape index (κ1) is 10.6. The molecule has 0 spiro atoms. The van der Waals surface area contributed by atoms with E-state index in [4.69, 9.17) is 10.5 Å². The van der Waals surface area contributed by atoms with Crippen molar-refractivity contribution in [3.63, 3.8) is 0 Å². The fourth-order valence-corrected chi connectivity index (χ4v) is 1.84. The van der Waals surface area contributed by atoms with Crippen LogP contribution in [0.4, 0.5) is 0 Å². The Morgan fingerprint density at radius 1 is 1.53 bits per heavy atom. The summed E-state index contributed by atoms with van der Waals surface area (Å²) in [5.41, 5.74) is 5.80. The summed E-state index contributed by atoms with van der Waals surface area (Å²) < 4.78 is 7.11. The SMILES string of the molecule is CC(C)c1nc(C2(N)CCOC2)n(C)n1. The smallest absolute Gasteiger partial charge is 0.153 e. The standard InChI is InChI=1S/C10H18N4O/c1-7(2)8-12-9(14(3)13-8)10(11)4-5-15-6-10/h7H,4-6,11H2,1-3H3. The van der Waals surface area contributed by atoms with E-state index in [2.05, 4.69) is 23.9 Å². The second-order valence-electron chi connectivity index (χ2n) is 4.53. The molecule has 84 valence electrons. The molecule has 2 heterocycles. The molecule has 0 aromatic carbocycles. The number of hydrogen-bond acceptors (Lipinski definition) is 4. The molecule has 0 aliphatic carbocycles. The van der Waals surface area contributed by atoms with Gasteiger partial charge in [0.05, 0.1) is 6.61 Å². The van der Waals surface area contributed by atoms with Gasteiger partial charge in [0.15, 0.2) is 5.82 Å². The van der Waals surface area contributed by atoms with E-state index in [9.17, 15) is 0 Å². The fourth-order valence-electron chi connectivity index (χ4n) is 1.84. The van der Waals surface area contributed by atoms with E-state index in [1.54, 1.807) is 4.68 Å². The lowest BCUT2D eigenvalue weighted by atomic mass is 9.99. The molecule has 0 radical (unpaired) electrons. The molecule has 1 aromatic heterocycles. The van der Waals surface area contributed by atoms with Gasteiger partial charge in [0.1, 0.15) is 11.4 Å². The van der Waals surface area contributed by atoms with E-state index in [1.807, 2.05) is 7.05 Å². The van der Waals surface area contributed by atoms with Crippen molar-refractivity contribution >= 4 is 0 Å². The van der Waals surface area contributed by atoms with Crippen molar-refractivity contribution in [3.05, 3.63) is 11.6 Å². The zero-order valence-corrected chi connectivity index (χ0v) is 9.53. The Labute approximate surface area is 89.6 Å². The highest BCUT2D eigenvalue weighted by atomic mass is 16.5. The van der Waals surface area contributed by atoms with E-state index in [0.29, 0.717) is 19.1 Å². The molecule has 0 amide bonds. The van der Waals surface area contributed by atoms with Gasteiger partial charge in [0.25, 0.3) is 0 Å². The zero-order valence-electron chi connectivity index (χ0n) is 9.53. The molecule has 1 unspecified atom stereocenters. The van der Waals surface area contributed by atoms with Crippen molar-refractivity contribution in [2.24, 2.45) is 12.8 Å². The molecular formula is C10H18N4O. The van der Waals surface area contributed by atoms with Gasteiger partial charge in [0, 0.05) is 19.6 Å². The topological polar surface area (TPSA) is 66.0 Å². The van der Waals surface area contributed by atoms with Gasteiger partial charge in [-0.1, -0.05) is 13.8 Å². The number of aryl methyl sites for hydroxylation is 1. The first-order valence-electron chi connectivity index (χ1n) is 5.31. The van der Waals surface area contributed by atoms with Gasteiger partial charge >= 0.3 is 0 Å². The quantitative estimate of drug-likeness (QED) is 0.772. The van der Waals surface area contributed by atoms with E-state index < -0.39 is 5.54 Å². The fraction of sp³-hybridized carbons (Fsp3) is 0.800. The maximum absolute atomic E-state index is 6.25. The Bertz CT molecular complexity index is 352. The molecule has 1 aromatic rings. The lowest BCUT2D eigenvalue weighted by Crippen LogP contribution is -2.39. The second-order valence-corrected chi connectivity index (χ2v) is 4.53. The highest BCUT2D eigenvalue weighted by molar-refractivity contribution is 5.10. The van der Waals surface area contributed by atoms with Crippen LogP contribution in [0.3, 0.4) is 0 Å². The molecule has 2 rings (SSSR count). The minimum absolute atomic E-state index is 0.330. The average Bonchev–Trinajstić information content (AvgIpc) is 2.73. The van der Waals surface area contributed by atoms with E-state index >= 15 is 0 Å². The predicted octanol–water partition coefficient (Wildman–Crippen LogP) is 0.513. The normalized spacial score (nSPS) is 26.5. The maximum atomic E-state index is 6.25. The van der Waals surface area contributed by atoms with Gasteiger partial charge in [-0.25, -0.2) is 4.98 Å². The Hall–Kier alpha value is -0.940. The van der Waals surface area contributed by atoms with Gasteiger partial charge in [-0.2, -0.15) is 5.10 Å². The van der Waals surface area contributed by atoms with Crippen molar-refractivity contribution in [3.8, 4) is 0 Å². The lowest BCUT2D eigenvalue weighted by molar-refractivity contribution is 0.175. The molecule has 5 nitrogen and oxygen atoms in total. The summed E-state index contributed by atoms with van der Waals surface area (Å²) in [4.78, 5) is 4.51. The number of aromatic nitrogens is 3. The van der Waals surface area contributed by atoms with Gasteiger partial charge in [0.2, 0.25) is 0 Å². The third-order valence-electron chi connectivity index (χ3n) is 2.79. The van der Waals surface area contributed by atoms with Crippen LogP contribution in [0.25, 0.3) is 0 Å². The van der Waals surface area contributed by atoms with Crippen molar-refractivity contribution in [1.82, 2.24) is 14.8 Å². The Morgan fingerprint density at radius 3 is 2.73 bits per heavy atom. The summed E-state index contributed by atoms with van der Waals surface area (Å²) in [6.45, 7) is 5.40. The molecular weight excluding hydrogens is 192 g/mol. The summed E-state index contributed by atoms with van der Waals surface area (Å²) >= 11 is 0. The molecule has 0 bridgehead atoms. The molecule has 1 fully saturated rings. The predicted molar refractivity (Wildman–Crippen MR) is 56.4 cm³/mol. The maximum Gasteiger partial charge on any atom is 0.153 e. The third-order valence-corrected chi connectivity index (χ3v) is 2.79. The molecule has 15 heavy (non-hydrogen) atoms.